The Morgan fingerprint density at radius 1 is 1.29 bits per heavy atom. The van der Waals surface area contributed by atoms with E-state index in [0.29, 0.717) is 5.75 Å². The fourth-order valence-electron chi connectivity index (χ4n) is 1.43. The number of benzene rings is 1. The van der Waals surface area contributed by atoms with Crippen molar-refractivity contribution < 1.29 is 4.21 Å². The second-order valence-corrected chi connectivity index (χ2v) is 4.70. The molecule has 0 bridgehead atoms. The van der Waals surface area contributed by atoms with Gasteiger partial charge in [-0.05, 0) is 0 Å². The van der Waals surface area contributed by atoms with Gasteiger partial charge in [0.15, 0.2) is 0 Å². The van der Waals surface area contributed by atoms with Crippen molar-refractivity contribution in [3.8, 4) is 0 Å². The smallest absolute Gasteiger partial charge is 0.0649 e. The number of fused-ring (bicyclic) bond motifs is 1. The van der Waals surface area contributed by atoms with Crippen molar-refractivity contribution in [1.82, 2.24) is 4.98 Å². The third-order valence-corrected chi connectivity index (χ3v) is 3.48. The molecule has 1 atom stereocenters. The summed E-state index contributed by atoms with van der Waals surface area (Å²) in [7, 11) is -0.927. The third-order valence-electron chi connectivity index (χ3n) is 2.14. The lowest BCUT2D eigenvalue weighted by atomic mass is 10.2. The molecule has 0 aliphatic carbocycles. The highest BCUT2D eigenvalue weighted by Gasteiger charge is 2.05. The van der Waals surface area contributed by atoms with Crippen molar-refractivity contribution in [2.45, 2.75) is 11.8 Å². The van der Waals surface area contributed by atoms with Crippen LogP contribution < -0.4 is 0 Å². The number of rotatable bonds is 2. The van der Waals surface area contributed by atoms with E-state index in [4.69, 9.17) is 0 Å². The highest BCUT2D eigenvalue weighted by Crippen LogP contribution is 2.19. The van der Waals surface area contributed by atoms with E-state index in [1.807, 2.05) is 31.2 Å². The second-order valence-electron chi connectivity index (χ2n) is 2.99. The van der Waals surface area contributed by atoms with E-state index in [0.717, 1.165) is 15.7 Å². The quantitative estimate of drug-likeness (QED) is 0.753. The molecule has 1 aromatic heterocycles. The van der Waals surface area contributed by atoms with Gasteiger partial charge in [0.2, 0.25) is 0 Å². The highest BCUT2D eigenvalue weighted by molar-refractivity contribution is 7.85. The van der Waals surface area contributed by atoms with E-state index >= 15 is 0 Å². The standard InChI is InChI=1S/C11H11NOS/c1-2-14(13)11-8-12-7-9-5-3-4-6-10(9)11/h3-8H,2H2,1H3. The number of nitrogens with zero attached hydrogens (tertiary/aromatic N) is 1. The molecule has 1 unspecified atom stereocenters. The van der Waals surface area contributed by atoms with E-state index in [9.17, 15) is 4.21 Å². The second kappa shape index (κ2) is 3.88. The summed E-state index contributed by atoms with van der Waals surface area (Å²) in [5.74, 6) is 0.635. The Labute approximate surface area is 85.4 Å². The fourth-order valence-corrected chi connectivity index (χ4v) is 2.35. The molecule has 72 valence electrons. The predicted octanol–water partition coefficient (Wildman–Crippen LogP) is 2.36. The van der Waals surface area contributed by atoms with Crippen LogP contribution in [0.5, 0.6) is 0 Å². The van der Waals surface area contributed by atoms with Crippen molar-refractivity contribution in [3.63, 3.8) is 0 Å². The van der Waals surface area contributed by atoms with Crippen LogP contribution in [0.1, 0.15) is 6.92 Å². The predicted molar refractivity (Wildman–Crippen MR) is 58.7 cm³/mol. The Morgan fingerprint density at radius 3 is 2.86 bits per heavy atom. The molecule has 2 nitrogen and oxygen atoms in total. The minimum Gasteiger partial charge on any atom is -0.263 e. The lowest BCUT2D eigenvalue weighted by molar-refractivity contribution is 0.684. The molecule has 0 amide bonds. The lowest BCUT2D eigenvalue weighted by Crippen LogP contribution is -1.95. The maximum absolute atomic E-state index is 11.7. The van der Waals surface area contributed by atoms with Gasteiger partial charge in [-0.1, -0.05) is 31.2 Å². The Hall–Kier alpha value is -1.22. The van der Waals surface area contributed by atoms with E-state index in [2.05, 4.69) is 4.98 Å². The zero-order chi connectivity index (χ0) is 9.97. The molecule has 1 aromatic carbocycles. The Bertz CT molecular complexity index is 476. The van der Waals surface area contributed by atoms with Crippen molar-refractivity contribution in [2.24, 2.45) is 0 Å². The Morgan fingerprint density at radius 2 is 2.07 bits per heavy atom. The monoisotopic (exact) mass is 205 g/mol. The number of hydrogen-bond donors (Lipinski definition) is 0. The topological polar surface area (TPSA) is 30.0 Å². The van der Waals surface area contributed by atoms with Gasteiger partial charge in [0.1, 0.15) is 0 Å². The SMILES string of the molecule is CCS(=O)c1cncc2ccccc12. The van der Waals surface area contributed by atoms with Gasteiger partial charge in [0.05, 0.1) is 15.7 Å². The number of aromatic nitrogens is 1. The number of hydrogen-bond acceptors (Lipinski definition) is 2. The van der Waals surface area contributed by atoms with Gasteiger partial charge in [-0.25, -0.2) is 0 Å². The molecular weight excluding hydrogens is 194 g/mol. The molecular formula is C11H11NOS. The third kappa shape index (κ3) is 1.55. The maximum atomic E-state index is 11.7. The van der Waals surface area contributed by atoms with Gasteiger partial charge in [0, 0.05) is 28.9 Å². The average molecular weight is 205 g/mol. The van der Waals surface area contributed by atoms with Gasteiger partial charge < -0.3 is 0 Å². The summed E-state index contributed by atoms with van der Waals surface area (Å²) in [4.78, 5) is 4.93. The summed E-state index contributed by atoms with van der Waals surface area (Å²) in [6.45, 7) is 1.91. The minimum absolute atomic E-state index is 0.635. The highest BCUT2D eigenvalue weighted by atomic mass is 32.2. The molecule has 0 fully saturated rings. The Kier molecular flexibility index (Phi) is 2.59. The first-order chi connectivity index (χ1) is 6.83. The zero-order valence-electron chi connectivity index (χ0n) is 7.93. The molecule has 0 N–H and O–H groups in total. The fraction of sp³-hybridized carbons (Fsp3) is 0.182. The molecule has 3 heteroatoms. The number of pyridine rings is 1. The molecule has 0 aliphatic rings. The minimum atomic E-state index is -0.927. The molecule has 1 heterocycles. The van der Waals surface area contributed by atoms with E-state index in [1.165, 1.54) is 0 Å². The van der Waals surface area contributed by atoms with Crippen LogP contribution in [0.4, 0.5) is 0 Å². The molecule has 2 aromatic rings. The zero-order valence-corrected chi connectivity index (χ0v) is 8.75. The summed E-state index contributed by atoms with van der Waals surface area (Å²) in [6.07, 6.45) is 3.49. The van der Waals surface area contributed by atoms with Crippen LogP contribution >= 0.6 is 0 Å². The van der Waals surface area contributed by atoms with Gasteiger partial charge in [-0.2, -0.15) is 0 Å². The summed E-state index contributed by atoms with van der Waals surface area (Å²) < 4.78 is 11.7. The van der Waals surface area contributed by atoms with Crippen LogP contribution in [-0.2, 0) is 10.8 Å². The van der Waals surface area contributed by atoms with Gasteiger partial charge in [-0.3, -0.25) is 9.19 Å². The van der Waals surface area contributed by atoms with Crippen LogP contribution in [-0.4, -0.2) is 14.9 Å². The van der Waals surface area contributed by atoms with E-state index in [1.54, 1.807) is 12.4 Å². The van der Waals surface area contributed by atoms with Crippen LogP contribution in [0, 0.1) is 0 Å². The summed E-state index contributed by atoms with van der Waals surface area (Å²) in [6, 6.07) is 7.89. The van der Waals surface area contributed by atoms with Crippen LogP contribution in [0.15, 0.2) is 41.6 Å². The summed E-state index contributed by atoms with van der Waals surface area (Å²) in [5.41, 5.74) is 0. The lowest BCUT2D eigenvalue weighted by Gasteiger charge is -2.03. The first kappa shape index (κ1) is 9.34. The van der Waals surface area contributed by atoms with Crippen molar-refractivity contribution in [2.75, 3.05) is 5.75 Å². The van der Waals surface area contributed by atoms with Gasteiger partial charge >= 0.3 is 0 Å². The first-order valence-corrected chi connectivity index (χ1v) is 5.86. The molecule has 0 aliphatic heterocycles. The molecule has 2 rings (SSSR count). The van der Waals surface area contributed by atoms with Gasteiger partial charge in [-0.15, -0.1) is 0 Å². The molecule has 0 spiro atoms. The van der Waals surface area contributed by atoms with Crippen LogP contribution in [0.25, 0.3) is 10.8 Å². The molecule has 14 heavy (non-hydrogen) atoms. The van der Waals surface area contributed by atoms with Crippen molar-refractivity contribution >= 4 is 21.6 Å². The first-order valence-electron chi connectivity index (χ1n) is 4.54. The van der Waals surface area contributed by atoms with E-state index in [-0.39, 0.29) is 0 Å². The summed E-state index contributed by atoms with van der Waals surface area (Å²) in [5, 5.41) is 2.09. The molecule has 0 radical (unpaired) electrons. The largest absolute Gasteiger partial charge is 0.263 e. The Balaban J connectivity index is 2.71. The molecule has 0 saturated heterocycles. The van der Waals surface area contributed by atoms with E-state index < -0.39 is 10.8 Å². The van der Waals surface area contributed by atoms with Crippen molar-refractivity contribution in [1.29, 1.82) is 0 Å². The summed E-state index contributed by atoms with van der Waals surface area (Å²) >= 11 is 0. The maximum Gasteiger partial charge on any atom is 0.0649 e. The van der Waals surface area contributed by atoms with Crippen LogP contribution in [0.3, 0.4) is 0 Å². The van der Waals surface area contributed by atoms with Crippen molar-refractivity contribution in [3.05, 3.63) is 36.7 Å². The van der Waals surface area contributed by atoms with Crippen LogP contribution in [0.2, 0.25) is 0 Å². The molecule has 0 saturated carbocycles. The normalized spacial score (nSPS) is 12.9. The van der Waals surface area contributed by atoms with Gasteiger partial charge in [0.25, 0.3) is 0 Å². The average Bonchev–Trinajstić information content (AvgIpc) is 2.27.